The summed E-state index contributed by atoms with van der Waals surface area (Å²) in [5.41, 5.74) is 0.126. The Balaban J connectivity index is 2.64. The molecule has 14 heavy (non-hydrogen) atoms. The van der Waals surface area contributed by atoms with Gasteiger partial charge in [0.1, 0.15) is 0 Å². The van der Waals surface area contributed by atoms with Gasteiger partial charge in [-0.3, -0.25) is 4.79 Å². The van der Waals surface area contributed by atoms with Crippen molar-refractivity contribution in [2.24, 2.45) is 11.3 Å². The molecule has 0 aromatic rings. The van der Waals surface area contributed by atoms with Crippen LogP contribution in [0.4, 0.5) is 0 Å². The molecule has 0 radical (unpaired) electrons. The average molecular weight is 200 g/mol. The van der Waals surface area contributed by atoms with E-state index in [-0.39, 0.29) is 17.7 Å². The molecule has 1 aliphatic heterocycles. The van der Waals surface area contributed by atoms with Crippen LogP contribution in [0.1, 0.15) is 40.5 Å². The minimum atomic E-state index is -0.346. The molecule has 0 spiro atoms. The van der Waals surface area contributed by atoms with Crippen molar-refractivity contribution in [1.29, 1.82) is 0 Å². The van der Waals surface area contributed by atoms with Gasteiger partial charge in [-0.25, -0.2) is 0 Å². The lowest BCUT2D eigenvalue weighted by atomic mass is 9.77. The smallest absolute Gasteiger partial charge is 0.304 e. The monoisotopic (exact) mass is 200 g/mol. The zero-order valence-corrected chi connectivity index (χ0v) is 9.50. The van der Waals surface area contributed by atoms with E-state index in [9.17, 15) is 4.79 Å². The second kappa shape index (κ2) is 4.30. The van der Waals surface area contributed by atoms with Gasteiger partial charge in [-0.15, -0.1) is 0 Å². The second-order valence-electron chi connectivity index (χ2n) is 4.96. The molecule has 0 aromatic carbocycles. The molecular weight excluding hydrogens is 180 g/mol. The highest BCUT2D eigenvalue weighted by atomic mass is 16.7. The van der Waals surface area contributed by atoms with Crippen molar-refractivity contribution in [3.05, 3.63) is 0 Å². The lowest BCUT2D eigenvalue weighted by Crippen LogP contribution is -2.40. The zero-order valence-electron chi connectivity index (χ0n) is 9.50. The topological polar surface area (TPSA) is 35.5 Å². The zero-order chi connectivity index (χ0) is 10.8. The molecule has 82 valence electrons. The quantitative estimate of drug-likeness (QED) is 0.609. The molecule has 0 bridgehead atoms. The van der Waals surface area contributed by atoms with Gasteiger partial charge in [-0.1, -0.05) is 20.8 Å². The number of hydrogen-bond acceptors (Lipinski definition) is 3. The van der Waals surface area contributed by atoms with Crippen LogP contribution in [0.5, 0.6) is 0 Å². The standard InChI is InChI=1S/C11H20O3/c1-8(12)14-10-9(11(2,3)4)6-5-7-13-10/h9-10H,5-7H2,1-4H3. The molecule has 0 saturated carbocycles. The van der Waals surface area contributed by atoms with Gasteiger partial charge in [-0.2, -0.15) is 0 Å². The summed E-state index contributed by atoms with van der Waals surface area (Å²) in [4.78, 5) is 10.9. The molecule has 0 aromatic heterocycles. The van der Waals surface area contributed by atoms with Crippen LogP contribution in [0.3, 0.4) is 0 Å². The maximum atomic E-state index is 10.9. The normalized spacial score (nSPS) is 28.6. The first-order valence-corrected chi connectivity index (χ1v) is 5.20. The fraction of sp³-hybridized carbons (Fsp3) is 0.909. The van der Waals surface area contributed by atoms with Gasteiger partial charge in [0.25, 0.3) is 0 Å². The molecule has 0 aliphatic carbocycles. The first kappa shape index (κ1) is 11.5. The van der Waals surface area contributed by atoms with Gasteiger partial charge >= 0.3 is 5.97 Å². The van der Waals surface area contributed by atoms with Crippen LogP contribution < -0.4 is 0 Å². The summed E-state index contributed by atoms with van der Waals surface area (Å²) < 4.78 is 10.7. The Morgan fingerprint density at radius 2 is 2.07 bits per heavy atom. The third kappa shape index (κ3) is 2.98. The Morgan fingerprint density at radius 1 is 1.43 bits per heavy atom. The molecule has 1 heterocycles. The Hall–Kier alpha value is -0.570. The molecule has 1 aliphatic rings. The second-order valence-corrected chi connectivity index (χ2v) is 4.96. The number of hydrogen-bond donors (Lipinski definition) is 0. The Bertz CT molecular complexity index is 205. The molecule has 0 amide bonds. The molecule has 3 heteroatoms. The van der Waals surface area contributed by atoms with E-state index >= 15 is 0 Å². The lowest BCUT2D eigenvalue weighted by Gasteiger charge is -2.39. The summed E-state index contributed by atoms with van der Waals surface area (Å²) in [5.74, 6) is 0.0475. The summed E-state index contributed by atoms with van der Waals surface area (Å²) in [5, 5.41) is 0. The molecule has 2 atom stereocenters. The van der Waals surface area contributed by atoms with E-state index in [1.165, 1.54) is 6.92 Å². The molecule has 1 rings (SSSR count). The lowest BCUT2D eigenvalue weighted by molar-refractivity contribution is -0.212. The van der Waals surface area contributed by atoms with Gasteiger partial charge in [0, 0.05) is 12.8 Å². The summed E-state index contributed by atoms with van der Waals surface area (Å²) in [6.45, 7) is 8.59. The van der Waals surface area contributed by atoms with E-state index in [1.807, 2.05) is 0 Å². The Morgan fingerprint density at radius 3 is 2.57 bits per heavy atom. The summed E-state index contributed by atoms with van der Waals surface area (Å²) in [6, 6.07) is 0. The van der Waals surface area contributed by atoms with E-state index in [4.69, 9.17) is 9.47 Å². The Kier molecular flexibility index (Phi) is 3.53. The highest BCUT2D eigenvalue weighted by molar-refractivity contribution is 5.66. The van der Waals surface area contributed by atoms with E-state index < -0.39 is 0 Å². The molecular formula is C11H20O3. The summed E-state index contributed by atoms with van der Waals surface area (Å²) >= 11 is 0. The molecule has 2 unspecified atom stereocenters. The van der Waals surface area contributed by atoms with Crippen molar-refractivity contribution in [2.45, 2.75) is 46.8 Å². The van der Waals surface area contributed by atoms with Crippen molar-refractivity contribution < 1.29 is 14.3 Å². The van der Waals surface area contributed by atoms with Crippen LogP contribution in [0.2, 0.25) is 0 Å². The third-order valence-corrected chi connectivity index (χ3v) is 2.66. The third-order valence-electron chi connectivity index (χ3n) is 2.66. The van der Waals surface area contributed by atoms with E-state index in [0.717, 1.165) is 12.8 Å². The largest absolute Gasteiger partial charge is 0.436 e. The van der Waals surface area contributed by atoms with Gasteiger partial charge in [0.05, 0.1) is 6.61 Å². The van der Waals surface area contributed by atoms with Crippen molar-refractivity contribution in [3.8, 4) is 0 Å². The van der Waals surface area contributed by atoms with Crippen LogP contribution in [0.25, 0.3) is 0 Å². The van der Waals surface area contributed by atoms with E-state index in [1.54, 1.807) is 0 Å². The van der Waals surface area contributed by atoms with Gasteiger partial charge in [0.15, 0.2) is 0 Å². The molecule has 1 fully saturated rings. The highest BCUT2D eigenvalue weighted by Gasteiger charge is 2.36. The summed E-state index contributed by atoms with van der Waals surface area (Å²) in [7, 11) is 0. The SMILES string of the molecule is CC(=O)OC1OCCCC1C(C)(C)C. The van der Waals surface area contributed by atoms with Crippen LogP contribution in [0.15, 0.2) is 0 Å². The molecule has 0 N–H and O–H groups in total. The number of carbonyl (C=O) groups excluding carboxylic acids is 1. The number of rotatable bonds is 1. The number of carbonyl (C=O) groups is 1. The minimum absolute atomic E-state index is 0.126. The molecule has 3 nitrogen and oxygen atoms in total. The van der Waals surface area contributed by atoms with Crippen molar-refractivity contribution >= 4 is 5.97 Å². The maximum absolute atomic E-state index is 10.9. The Labute approximate surface area is 85.8 Å². The van der Waals surface area contributed by atoms with Crippen LogP contribution >= 0.6 is 0 Å². The van der Waals surface area contributed by atoms with Gasteiger partial charge in [-0.05, 0) is 18.3 Å². The average Bonchev–Trinajstić information content (AvgIpc) is 2.01. The fourth-order valence-corrected chi connectivity index (χ4v) is 1.88. The van der Waals surface area contributed by atoms with E-state index in [0.29, 0.717) is 12.5 Å². The highest BCUT2D eigenvalue weighted by Crippen LogP contribution is 2.36. The van der Waals surface area contributed by atoms with Crippen molar-refractivity contribution in [1.82, 2.24) is 0 Å². The van der Waals surface area contributed by atoms with Crippen molar-refractivity contribution in [2.75, 3.05) is 6.61 Å². The predicted octanol–water partition coefficient (Wildman–Crippen LogP) is 2.35. The van der Waals surface area contributed by atoms with Crippen LogP contribution in [-0.4, -0.2) is 18.9 Å². The van der Waals surface area contributed by atoms with E-state index in [2.05, 4.69) is 20.8 Å². The number of esters is 1. The first-order valence-electron chi connectivity index (χ1n) is 5.20. The molecule has 1 saturated heterocycles. The summed E-state index contributed by atoms with van der Waals surface area (Å²) in [6.07, 6.45) is 1.78. The minimum Gasteiger partial charge on any atom is -0.436 e. The maximum Gasteiger partial charge on any atom is 0.304 e. The van der Waals surface area contributed by atoms with Crippen LogP contribution in [0, 0.1) is 11.3 Å². The fourth-order valence-electron chi connectivity index (χ4n) is 1.88. The van der Waals surface area contributed by atoms with Gasteiger partial charge in [0.2, 0.25) is 6.29 Å². The van der Waals surface area contributed by atoms with Crippen molar-refractivity contribution in [3.63, 3.8) is 0 Å². The first-order chi connectivity index (χ1) is 6.41. The van der Waals surface area contributed by atoms with Crippen LogP contribution in [-0.2, 0) is 14.3 Å². The number of ether oxygens (including phenoxy) is 2. The van der Waals surface area contributed by atoms with Gasteiger partial charge < -0.3 is 9.47 Å². The predicted molar refractivity (Wildman–Crippen MR) is 53.7 cm³/mol.